The van der Waals surface area contributed by atoms with Crippen LogP contribution in [-0.2, 0) is 9.53 Å². The molecule has 6 nitrogen and oxygen atoms in total. The summed E-state index contributed by atoms with van der Waals surface area (Å²) in [5.41, 5.74) is 0.192. The van der Waals surface area contributed by atoms with E-state index in [1.165, 1.54) is 13.8 Å². The van der Waals surface area contributed by atoms with Gasteiger partial charge in [0.05, 0.1) is 11.1 Å². The van der Waals surface area contributed by atoms with Crippen LogP contribution in [-0.4, -0.2) is 27.6 Å². The first kappa shape index (κ1) is 16.6. The largest absolute Gasteiger partial charge is 0.450 e. The Morgan fingerprint density at radius 2 is 1.60 bits per heavy atom. The van der Waals surface area contributed by atoms with E-state index < -0.39 is 12.1 Å². The summed E-state index contributed by atoms with van der Waals surface area (Å²) in [6.07, 6.45) is -0.884. The van der Waals surface area contributed by atoms with Gasteiger partial charge in [0, 0.05) is 5.39 Å². The number of nitrogens with zero attached hydrogens (tertiary/aromatic N) is 2. The third kappa shape index (κ3) is 3.19. The molecule has 2 aromatic carbocycles. The molecule has 0 bridgehead atoms. The molecule has 1 atom stereocenters. The molecule has 0 amide bonds. The summed E-state index contributed by atoms with van der Waals surface area (Å²) in [7, 11) is 0. The molecule has 0 N–H and O–H groups in total. The first-order chi connectivity index (χ1) is 12.0. The molecule has 0 radical (unpaired) electrons. The van der Waals surface area contributed by atoms with E-state index in [0.29, 0.717) is 16.5 Å². The minimum absolute atomic E-state index is 0.00727. The minimum atomic E-state index is -0.884. The van der Waals surface area contributed by atoms with Crippen molar-refractivity contribution in [2.75, 3.05) is 0 Å². The molecule has 0 saturated heterocycles. The number of hydrogen-bond acceptors (Lipinski definition) is 5. The smallest absolute Gasteiger partial charge is 0.360 e. The van der Waals surface area contributed by atoms with Crippen molar-refractivity contribution in [1.29, 1.82) is 0 Å². The van der Waals surface area contributed by atoms with Crippen molar-refractivity contribution in [2.45, 2.75) is 20.0 Å². The average molecular weight is 336 g/mol. The van der Waals surface area contributed by atoms with Crippen LogP contribution in [0.4, 0.5) is 0 Å². The number of ether oxygens (including phenoxy) is 1. The number of hydrogen-bond donors (Lipinski definition) is 0. The van der Waals surface area contributed by atoms with Gasteiger partial charge in [-0.1, -0.05) is 36.4 Å². The zero-order chi connectivity index (χ0) is 18.0. The lowest BCUT2D eigenvalue weighted by Gasteiger charge is -2.13. The van der Waals surface area contributed by atoms with Crippen molar-refractivity contribution >= 4 is 22.5 Å². The number of para-hydroxylation sites is 1. The lowest BCUT2D eigenvalue weighted by molar-refractivity contribution is -0.124. The average Bonchev–Trinajstić information content (AvgIpc) is 2.62. The van der Waals surface area contributed by atoms with Gasteiger partial charge in [-0.3, -0.25) is 9.59 Å². The minimum Gasteiger partial charge on any atom is -0.450 e. The van der Waals surface area contributed by atoms with Gasteiger partial charge in [0.15, 0.2) is 17.6 Å². The molecule has 1 aromatic heterocycles. The first-order valence-corrected chi connectivity index (χ1v) is 7.78. The molecule has 3 aromatic rings. The van der Waals surface area contributed by atoms with Crippen molar-refractivity contribution in [1.82, 2.24) is 9.78 Å². The maximum atomic E-state index is 12.7. The standard InChI is InChI=1S/C19H16N2O4/c1-12(22)13(2)25-19(24)17-15-10-6-7-11-16(15)18(23)21(20-17)14-8-4-3-5-9-14/h3-11,13H,1-2H3/t13-/m0/s1. The fourth-order valence-corrected chi connectivity index (χ4v) is 2.38. The number of rotatable bonds is 4. The summed E-state index contributed by atoms with van der Waals surface area (Å²) in [6, 6.07) is 15.5. The summed E-state index contributed by atoms with van der Waals surface area (Å²) in [5.74, 6) is -1.02. The summed E-state index contributed by atoms with van der Waals surface area (Å²) < 4.78 is 6.33. The Balaban J connectivity index is 2.21. The van der Waals surface area contributed by atoms with Crippen LogP contribution in [0, 0.1) is 0 Å². The van der Waals surface area contributed by atoms with Crippen molar-refractivity contribution in [3.05, 3.63) is 70.6 Å². The van der Waals surface area contributed by atoms with Gasteiger partial charge >= 0.3 is 5.97 Å². The Labute approximate surface area is 143 Å². The van der Waals surface area contributed by atoms with E-state index in [2.05, 4.69) is 5.10 Å². The van der Waals surface area contributed by atoms with Crippen LogP contribution < -0.4 is 5.56 Å². The van der Waals surface area contributed by atoms with Crippen LogP contribution in [0.5, 0.6) is 0 Å². The Bertz CT molecular complexity index is 1010. The molecule has 0 fully saturated rings. The second kappa shape index (κ2) is 6.68. The molecule has 3 rings (SSSR count). The van der Waals surface area contributed by atoms with Gasteiger partial charge in [-0.2, -0.15) is 9.78 Å². The number of aromatic nitrogens is 2. The number of carbonyl (C=O) groups is 2. The maximum absolute atomic E-state index is 12.7. The van der Waals surface area contributed by atoms with Gasteiger partial charge in [0.1, 0.15) is 0 Å². The topological polar surface area (TPSA) is 78.3 Å². The fraction of sp³-hybridized carbons (Fsp3) is 0.158. The summed E-state index contributed by atoms with van der Waals surface area (Å²) in [4.78, 5) is 36.6. The van der Waals surface area contributed by atoms with Crippen LogP contribution >= 0.6 is 0 Å². The van der Waals surface area contributed by atoms with Crippen LogP contribution in [0.25, 0.3) is 16.5 Å². The normalized spacial score (nSPS) is 11.9. The molecular formula is C19H16N2O4. The zero-order valence-electron chi connectivity index (χ0n) is 13.8. The Morgan fingerprint density at radius 1 is 1.00 bits per heavy atom. The maximum Gasteiger partial charge on any atom is 0.360 e. The number of carbonyl (C=O) groups excluding carboxylic acids is 2. The van der Waals surface area contributed by atoms with E-state index in [0.717, 1.165) is 4.68 Å². The lowest BCUT2D eigenvalue weighted by Crippen LogP contribution is -2.27. The van der Waals surface area contributed by atoms with Crippen molar-refractivity contribution < 1.29 is 14.3 Å². The molecule has 0 saturated carbocycles. The van der Waals surface area contributed by atoms with Gasteiger partial charge in [0.25, 0.3) is 5.56 Å². The van der Waals surface area contributed by atoms with Crippen LogP contribution in [0.1, 0.15) is 24.3 Å². The van der Waals surface area contributed by atoms with Gasteiger partial charge in [0.2, 0.25) is 0 Å². The highest BCUT2D eigenvalue weighted by atomic mass is 16.5. The molecule has 126 valence electrons. The predicted molar refractivity (Wildman–Crippen MR) is 92.9 cm³/mol. The van der Waals surface area contributed by atoms with E-state index >= 15 is 0 Å². The number of benzene rings is 2. The lowest BCUT2D eigenvalue weighted by atomic mass is 10.1. The third-order valence-electron chi connectivity index (χ3n) is 3.86. The molecule has 0 unspecified atom stereocenters. The van der Waals surface area contributed by atoms with E-state index in [1.807, 2.05) is 6.07 Å². The van der Waals surface area contributed by atoms with Gasteiger partial charge in [-0.25, -0.2) is 4.79 Å². The van der Waals surface area contributed by atoms with Gasteiger partial charge in [-0.05, 0) is 32.0 Å². The molecule has 6 heteroatoms. The van der Waals surface area contributed by atoms with E-state index in [1.54, 1.807) is 48.5 Å². The number of esters is 1. The zero-order valence-corrected chi connectivity index (χ0v) is 13.8. The monoisotopic (exact) mass is 336 g/mol. The van der Waals surface area contributed by atoms with Gasteiger partial charge in [-0.15, -0.1) is 0 Å². The molecule has 25 heavy (non-hydrogen) atoms. The van der Waals surface area contributed by atoms with Crippen molar-refractivity contribution in [3.63, 3.8) is 0 Å². The van der Waals surface area contributed by atoms with Gasteiger partial charge < -0.3 is 4.74 Å². The molecule has 0 aliphatic rings. The molecule has 0 aliphatic carbocycles. The summed E-state index contributed by atoms with van der Waals surface area (Å²) in [5, 5.41) is 4.94. The van der Waals surface area contributed by atoms with E-state index in [4.69, 9.17) is 4.74 Å². The molecular weight excluding hydrogens is 320 g/mol. The summed E-state index contributed by atoms with van der Waals surface area (Å²) >= 11 is 0. The van der Waals surface area contributed by atoms with Crippen LogP contribution in [0.15, 0.2) is 59.4 Å². The second-order valence-corrected chi connectivity index (χ2v) is 5.60. The van der Waals surface area contributed by atoms with Crippen molar-refractivity contribution in [2.24, 2.45) is 0 Å². The Kier molecular flexibility index (Phi) is 4.43. The highest BCUT2D eigenvalue weighted by molar-refractivity contribution is 6.03. The molecule has 0 spiro atoms. The number of ketones is 1. The molecule has 0 aliphatic heterocycles. The number of fused-ring (bicyclic) bond motifs is 1. The fourth-order valence-electron chi connectivity index (χ4n) is 2.38. The highest BCUT2D eigenvalue weighted by Crippen LogP contribution is 2.16. The van der Waals surface area contributed by atoms with Crippen LogP contribution in [0.2, 0.25) is 0 Å². The summed E-state index contributed by atoms with van der Waals surface area (Å²) in [6.45, 7) is 2.84. The second-order valence-electron chi connectivity index (χ2n) is 5.60. The highest BCUT2D eigenvalue weighted by Gasteiger charge is 2.21. The predicted octanol–water partition coefficient (Wildman–Crippen LogP) is 2.52. The van der Waals surface area contributed by atoms with E-state index in [-0.39, 0.29) is 17.0 Å². The quantitative estimate of drug-likeness (QED) is 0.684. The Morgan fingerprint density at radius 3 is 2.24 bits per heavy atom. The van der Waals surface area contributed by atoms with Crippen molar-refractivity contribution in [3.8, 4) is 5.69 Å². The van der Waals surface area contributed by atoms with Crippen LogP contribution in [0.3, 0.4) is 0 Å². The first-order valence-electron chi connectivity index (χ1n) is 7.78. The third-order valence-corrected chi connectivity index (χ3v) is 3.86. The van der Waals surface area contributed by atoms with E-state index in [9.17, 15) is 14.4 Å². The SMILES string of the molecule is CC(=O)[C@H](C)OC(=O)c1nn(-c2ccccc2)c(=O)c2ccccc12. The molecule has 1 heterocycles. The number of Topliss-reactive ketones (excluding diaryl/α,β-unsaturated/α-hetero) is 1. The Hall–Kier alpha value is -3.28.